The molecule has 0 bridgehead atoms. The van der Waals surface area contributed by atoms with Crippen molar-refractivity contribution in [2.75, 3.05) is 12.1 Å². The molecule has 1 aromatic heterocycles. The molecule has 1 aromatic carbocycles. The van der Waals surface area contributed by atoms with Crippen LogP contribution in [0, 0.1) is 6.92 Å². The lowest BCUT2D eigenvalue weighted by Gasteiger charge is -2.24. The van der Waals surface area contributed by atoms with Gasteiger partial charge in [-0.2, -0.15) is 0 Å². The Hall–Kier alpha value is -3.09. The van der Waals surface area contributed by atoms with Crippen LogP contribution >= 0.6 is 0 Å². The molecule has 2 aromatic rings. The Morgan fingerprint density at radius 3 is 2.96 bits per heavy atom. The van der Waals surface area contributed by atoms with Gasteiger partial charge in [0.05, 0.1) is 0 Å². The molecular formula is C19H19N3O4. The first kappa shape index (κ1) is 16.4. The lowest BCUT2D eigenvalue weighted by molar-refractivity contribution is -0.133. The Labute approximate surface area is 150 Å². The number of nitrogens with one attached hydrogen (secondary N) is 1. The summed E-state index contributed by atoms with van der Waals surface area (Å²) in [5, 5.41) is 2.81. The van der Waals surface area contributed by atoms with Crippen molar-refractivity contribution in [1.82, 2.24) is 9.88 Å². The largest absolute Gasteiger partial charge is 0.454 e. The Kier molecular flexibility index (Phi) is 4.20. The van der Waals surface area contributed by atoms with E-state index in [2.05, 4.69) is 10.3 Å². The van der Waals surface area contributed by atoms with E-state index < -0.39 is 6.04 Å². The molecule has 2 aliphatic rings. The molecule has 0 unspecified atom stereocenters. The minimum atomic E-state index is -0.504. The molecule has 0 saturated carbocycles. The van der Waals surface area contributed by atoms with Crippen LogP contribution in [-0.2, 0) is 16.1 Å². The first-order chi connectivity index (χ1) is 12.6. The zero-order valence-electron chi connectivity index (χ0n) is 14.4. The summed E-state index contributed by atoms with van der Waals surface area (Å²) in [5.41, 5.74) is 1.72. The number of carbonyl (C=O) groups excluding carboxylic acids is 2. The van der Waals surface area contributed by atoms with Crippen LogP contribution < -0.4 is 14.8 Å². The maximum atomic E-state index is 12.7. The average molecular weight is 353 g/mol. The molecule has 134 valence electrons. The van der Waals surface area contributed by atoms with Crippen LogP contribution in [0.15, 0.2) is 36.4 Å². The zero-order valence-corrected chi connectivity index (χ0v) is 14.4. The number of nitrogens with zero attached hydrogens (tertiary/aromatic N) is 2. The topological polar surface area (TPSA) is 80.8 Å². The standard InChI is InChI=1S/C19H19N3O4/c1-12-3-2-4-17(20-12)21-19(24)14-6-8-18(23)22(14)10-13-5-7-15-16(9-13)26-11-25-15/h2-5,7,9,14H,6,8,10-11H2,1H3,(H,20,21,24)/t14-/m1/s1. The van der Waals surface area contributed by atoms with E-state index in [0.29, 0.717) is 36.7 Å². The molecule has 1 N–H and O–H groups in total. The molecule has 7 heteroatoms. The average Bonchev–Trinajstić information content (AvgIpc) is 3.22. The monoisotopic (exact) mass is 353 g/mol. The summed E-state index contributed by atoms with van der Waals surface area (Å²) in [6.45, 7) is 2.42. The van der Waals surface area contributed by atoms with E-state index in [-0.39, 0.29) is 18.6 Å². The number of amides is 2. The molecule has 1 fully saturated rings. The molecular weight excluding hydrogens is 334 g/mol. The molecule has 2 amide bonds. The number of benzene rings is 1. The number of fused-ring (bicyclic) bond motifs is 1. The fraction of sp³-hybridized carbons (Fsp3) is 0.316. The lowest BCUT2D eigenvalue weighted by atomic mass is 10.1. The number of likely N-dealkylation sites (tertiary alicyclic amines) is 1. The minimum Gasteiger partial charge on any atom is -0.454 e. The van der Waals surface area contributed by atoms with Crippen molar-refractivity contribution in [3.05, 3.63) is 47.7 Å². The summed E-state index contributed by atoms with van der Waals surface area (Å²) < 4.78 is 10.7. The highest BCUT2D eigenvalue weighted by Crippen LogP contribution is 2.33. The molecule has 0 radical (unpaired) electrons. The summed E-state index contributed by atoms with van der Waals surface area (Å²) >= 11 is 0. The number of hydrogen-bond acceptors (Lipinski definition) is 5. The van der Waals surface area contributed by atoms with Crippen molar-refractivity contribution >= 4 is 17.6 Å². The van der Waals surface area contributed by atoms with E-state index in [4.69, 9.17) is 9.47 Å². The second-order valence-corrected chi connectivity index (χ2v) is 6.42. The number of carbonyl (C=O) groups is 2. The van der Waals surface area contributed by atoms with Crippen molar-refractivity contribution in [3.8, 4) is 11.5 Å². The van der Waals surface area contributed by atoms with Gasteiger partial charge in [0.1, 0.15) is 11.9 Å². The SMILES string of the molecule is Cc1cccc(NC(=O)[C@H]2CCC(=O)N2Cc2ccc3c(c2)OCO3)n1. The van der Waals surface area contributed by atoms with Gasteiger partial charge in [0, 0.05) is 18.7 Å². The highest BCUT2D eigenvalue weighted by atomic mass is 16.7. The number of aromatic nitrogens is 1. The van der Waals surface area contributed by atoms with Gasteiger partial charge in [0.2, 0.25) is 18.6 Å². The number of pyridine rings is 1. The predicted molar refractivity (Wildman–Crippen MR) is 93.7 cm³/mol. The Bertz CT molecular complexity index is 868. The zero-order chi connectivity index (χ0) is 18.1. The van der Waals surface area contributed by atoms with Crippen LogP contribution in [0.1, 0.15) is 24.1 Å². The van der Waals surface area contributed by atoms with Gasteiger partial charge in [-0.15, -0.1) is 0 Å². The van der Waals surface area contributed by atoms with Crippen LogP contribution in [0.25, 0.3) is 0 Å². The maximum Gasteiger partial charge on any atom is 0.248 e. The van der Waals surface area contributed by atoms with Gasteiger partial charge in [-0.25, -0.2) is 4.98 Å². The summed E-state index contributed by atoms with van der Waals surface area (Å²) in [4.78, 5) is 30.9. The molecule has 0 aliphatic carbocycles. The minimum absolute atomic E-state index is 0.0278. The van der Waals surface area contributed by atoms with Crippen molar-refractivity contribution in [1.29, 1.82) is 0 Å². The van der Waals surface area contributed by atoms with E-state index in [9.17, 15) is 9.59 Å². The highest BCUT2D eigenvalue weighted by molar-refractivity contribution is 5.98. The van der Waals surface area contributed by atoms with Gasteiger partial charge < -0.3 is 19.7 Å². The van der Waals surface area contributed by atoms with Crippen molar-refractivity contribution in [3.63, 3.8) is 0 Å². The smallest absolute Gasteiger partial charge is 0.248 e. The number of rotatable bonds is 4. The number of aryl methyl sites for hydroxylation is 1. The van der Waals surface area contributed by atoms with Crippen molar-refractivity contribution in [2.45, 2.75) is 32.4 Å². The van der Waals surface area contributed by atoms with Crippen molar-refractivity contribution in [2.24, 2.45) is 0 Å². The van der Waals surface area contributed by atoms with Crippen molar-refractivity contribution < 1.29 is 19.1 Å². The van der Waals surface area contributed by atoms with Gasteiger partial charge >= 0.3 is 0 Å². The van der Waals surface area contributed by atoms with E-state index in [1.807, 2.05) is 37.3 Å². The van der Waals surface area contributed by atoms with Gasteiger partial charge in [0.25, 0.3) is 0 Å². The van der Waals surface area contributed by atoms with E-state index >= 15 is 0 Å². The van der Waals surface area contributed by atoms with E-state index in [1.54, 1.807) is 11.0 Å². The van der Waals surface area contributed by atoms with Crippen LogP contribution in [-0.4, -0.2) is 34.5 Å². The third-order valence-corrected chi connectivity index (χ3v) is 4.56. The molecule has 1 atom stereocenters. The van der Waals surface area contributed by atoms with Gasteiger partial charge in [0.15, 0.2) is 11.5 Å². The van der Waals surface area contributed by atoms with Crippen LogP contribution in [0.5, 0.6) is 11.5 Å². The van der Waals surface area contributed by atoms with Gasteiger partial charge in [-0.1, -0.05) is 12.1 Å². The summed E-state index contributed by atoms with van der Waals surface area (Å²) in [6.07, 6.45) is 0.866. The molecule has 26 heavy (non-hydrogen) atoms. The van der Waals surface area contributed by atoms with Crippen LogP contribution in [0.3, 0.4) is 0 Å². The Morgan fingerprint density at radius 1 is 1.27 bits per heavy atom. The second kappa shape index (κ2) is 6.67. The molecule has 3 heterocycles. The highest BCUT2D eigenvalue weighted by Gasteiger charge is 2.36. The van der Waals surface area contributed by atoms with E-state index in [0.717, 1.165) is 11.3 Å². The van der Waals surface area contributed by atoms with Crippen LogP contribution in [0.2, 0.25) is 0 Å². The third-order valence-electron chi connectivity index (χ3n) is 4.56. The Morgan fingerprint density at radius 2 is 2.12 bits per heavy atom. The first-order valence-corrected chi connectivity index (χ1v) is 8.53. The quantitative estimate of drug-likeness (QED) is 0.912. The molecule has 0 spiro atoms. The molecule has 4 rings (SSSR count). The number of hydrogen-bond donors (Lipinski definition) is 1. The summed E-state index contributed by atoms with van der Waals surface area (Å²) in [7, 11) is 0. The third kappa shape index (κ3) is 3.20. The normalized spacial score (nSPS) is 18.3. The fourth-order valence-corrected chi connectivity index (χ4v) is 3.26. The van der Waals surface area contributed by atoms with E-state index in [1.165, 1.54) is 0 Å². The molecule has 2 aliphatic heterocycles. The number of ether oxygens (including phenoxy) is 2. The lowest BCUT2D eigenvalue weighted by Crippen LogP contribution is -2.41. The fourth-order valence-electron chi connectivity index (χ4n) is 3.26. The second-order valence-electron chi connectivity index (χ2n) is 6.42. The summed E-state index contributed by atoms with van der Waals surface area (Å²) in [6, 6.07) is 10.5. The predicted octanol–water partition coefficient (Wildman–Crippen LogP) is 2.25. The Balaban J connectivity index is 1.49. The first-order valence-electron chi connectivity index (χ1n) is 8.53. The number of anilines is 1. The maximum absolute atomic E-state index is 12.7. The van der Waals surface area contributed by atoms with Gasteiger partial charge in [-0.05, 0) is 43.2 Å². The summed E-state index contributed by atoms with van der Waals surface area (Å²) in [5.74, 6) is 1.62. The molecule has 1 saturated heterocycles. The van der Waals surface area contributed by atoms with Gasteiger partial charge in [-0.3, -0.25) is 9.59 Å². The molecule has 7 nitrogen and oxygen atoms in total. The van der Waals surface area contributed by atoms with Crippen LogP contribution in [0.4, 0.5) is 5.82 Å².